The van der Waals surface area contributed by atoms with Gasteiger partial charge in [-0.1, -0.05) is 44.2 Å². The summed E-state index contributed by atoms with van der Waals surface area (Å²) in [7, 11) is 0. The highest BCUT2D eigenvalue weighted by atomic mass is 16.5. The number of benzene rings is 2. The van der Waals surface area contributed by atoms with Crippen molar-refractivity contribution >= 4 is 17.5 Å². The molecule has 31 heavy (non-hydrogen) atoms. The Kier molecular flexibility index (Phi) is 7.69. The first-order chi connectivity index (χ1) is 14.8. The van der Waals surface area contributed by atoms with E-state index in [4.69, 9.17) is 4.74 Å². The van der Waals surface area contributed by atoms with Crippen LogP contribution >= 0.6 is 0 Å². The average Bonchev–Trinajstić information content (AvgIpc) is 2.75. The molecular formula is C25H33N3O3. The minimum atomic E-state index is -0.0228. The van der Waals surface area contributed by atoms with Crippen LogP contribution in [0.2, 0.25) is 0 Å². The maximum Gasteiger partial charge on any atom is 0.260 e. The van der Waals surface area contributed by atoms with Crippen LogP contribution in [0.1, 0.15) is 36.5 Å². The molecule has 0 radical (unpaired) electrons. The lowest BCUT2D eigenvalue weighted by atomic mass is 10.0. The number of aryl methyl sites for hydroxylation is 2. The zero-order chi connectivity index (χ0) is 22.4. The highest BCUT2D eigenvalue weighted by molar-refractivity contribution is 5.93. The van der Waals surface area contributed by atoms with Crippen LogP contribution in [0.4, 0.5) is 5.69 Å². The Labute approximate surface area is 185 Å². The highest BCUT2D eigenvalue weighted by Gasteiger charge is 2.23. The van der Waals surface area contributed by atoms with Crippen molar-refractivity contribution in [3.05, 3.63) is 59.2 Å². The number of ether oxygens (including phenoxy) is 1. The second-order valence-corrected chi connectivity index (χ2v) is 8.48. The van der Waals surface area contributed by atoms with Gasteiger partial charge in [-0.25, -0.2) is 0 Å². The third-order valence-corrected chi connectivity index (χ3v) is 5.75. The fourth-order valence-corrected chi connectivity index (χ4v) is 3.73. The van der Waals surface area contributed by atoms with E-state index in [1.807, 2.05) is 61.2 Å². The summed E-state index contributed by atoms with van der Waals surface area (Å²) >= 11 is 0. The highest BCUT2D eigenvalue weighted by Crippen LogP contribution is 2.20. The smallest absolute Gasteiger partial charge is 0.260 e. The molecule has 6 nitrogen and oxygen atoms in total. The van der Waals surface area contributed by atoms with Crippen LogP contribution in [0.15, 0.2) is 42.5 Å². The van der Waals surface area contributed by atoms with Gasteiger partial charge in [0.15, 0.2) is 6.61 Å². The molecule has 2 amide bonds. The lowest BCUT2D eigenvalue weighted by molar-refractivity contribution is -0.135. The molecule has 0 aromatic heterocycles. The topological polar surface area (TPSA) is 61.9 Å². The number of amides is 2. The molecule has 1 aliphatic rings. The molecule has 0 bridgehead atoms. The maximum atomic E-state index is 12.5. The summed E-state index contributed by atoms with van der Waals surface area (Å²) in [6, 6.07) is 13.9. The van der Waals surface area contributed by atoms with E-state index in [2.05, 4.69) is 24.1 Å². The van der Waals surface area contributed by atoms with Crippen molar-refractivity contribution in [1.29, 1.82) is 0 Å². The van der Waals surface area contributed by atoms with Gasteiger partial charge < -0.3 is 15.0 Å². The van der Waals surface area contributed by atoms with Gasteiger partial charge in [0.1, 0.15) is 5.75 Å². The Morgan fingerprint density at radius 3 is 2.16 bits per heavy atom. The van der Waals surface area contributed by atoms with Gasteiger partial charge in [-0.3, -0.25) is 14.5 Å². The van der Waals surface area contributed by atoms with Gasteiger partial charge in [0.25, 0.3) is 5.91 Å². The van der Waals surface area contributed by atoms with Gasteiger partial charge in [-0.05, 0) is 48.6 Å². The molecular weight excluding hydrogens is 390 g/mol. The molecule has 0 spiro atoms. The number of nitrogens with one attached hydrogen (secondary N) is 1. The van der Waals surface area contributed by atoms with E-state index in [0.29, 0.717) is 44.4 Å². The van der Waals surface area contributed by atoms with Crippen LogP contribution in [-0.4, -0.2) is 60.9 Å². The van der Waals surface area contributed by atoms with Gasteiger partial charge in [-0.15, -0.1) is 0 Å². The number of piperazine rings is 1. The minimum absolute atomic E-state index is 0.0208. The van der Waals surface area contributed by atoms with E-state index in [9.17, 15) is 9.59 Å². The van der Waals surface area contributed by atoms with Crippen molar-refractivity contribution in [3.8, 4) is 5.75 Å². The number of hydrogen-bond acceptors (Lipinski definition) is 4. The van der Waals surface area contributed by atoms with E-state index in [-0.39, 0.29) is 18.4 Å². The van der Waals surface area contributed by atoms with Crippen molar-refractivity contribution in [1.82, 2.24) is 9.80 Å². The van der Waals surface area contributed by atoms with Crippen LogP contribution < -0.4 is 10.1 Å². The molecule has 0 unspecified atom stereocenters. The summed E-state index contributed by atoms with van der Waals surface area (Å²) in [5.74, 6) is 1.13. The molecule has 0 aliphatic carbocycles. The summed E-state index contributed by atoms with van der Waals surface area (Å²) < 4.78 is 5.67. The van der Waals surface area contributed by atoms with E-state index >= 15 is 0 Å². The van der Waals surface area contributed by atoms with E-state index in [1.54, 1.807) is 0 Å². The first-order valence-electron chi connectivity index (χ1n) is 10.9. The second-order valence-electron chi connectivity index (χ2n) is 8.48. The van der Waals surface area contributed by atoms with E-state index in [0.717, 1.165) is 16.8 Å². The Hall–Kier alpha value is -2.86. The van der Waals surface area contributed by atoms with Crippen LogP contribution in [-0.2, 0) is 9.59 Å². The van der Waals surface area contributed by atoms with Gasteiger partial charge >= 0.3 is 0 Å². The SMILES string of the molecule is Cc1cccc(C)c1NC(=O)CN1CCN(C(=O)COc2ccc(C(C)C)cc2)CC1. The summed E-state index contributed by atoms with van der Waals surface area (Å²) in [6.07, 6.45) is 0. The van der Waals surface area contributed by atoms with Crippen molar-refractivity contribution in [2.24, 2.45) is 0 Å². The first-order valence-corrected chi connectivity index (χ1v) is 10.9. The van der Waals surface area contributed by atoms with Gasteiger partial charge in [0.05, 0.1) is 6.54 Å². The number of para-hydroxylation sites is 1. The number of carbonyl (C=O) groups excluding carboxylic acids is 2. The number of nitrogens with zero attached hydrogens (tertiary/aromatic N) is 2. The van der Waals surface area contributed by atoms with Crippen LogP contribution in [0.25, 0.3) is 0 Å². The van der Waals surface area contributed by atoms with Crippen molar-refractivity contribution in [2.45, 2.75) is 33.6 Å². The summed E-state index contributed by atoms with van der Waals surface area (Å²) in [6.45, 7) is 11.2. The predicted octanol–water partition coefficient (Wildman–Crippen LogP) is 3.59. The molecule has 0 saturated carbocycles. The molecule has 1 heterocycles. The molecule has 2 aromatic carbocycles. The zero-order valence-corrected chi connectivity index (χ0v) is 19.0. The van der Waals surface area contributed by atoms with Crippen molar-refractivity contribution in [2.75, 3.05) is 44.6 Å². The lowest BCUT2D eigenvalue weighted by Gasteiger charge is -2.34. The van der Waals surface area contributed by atoms with Gasteiger partial charge in [0.2, 0.25) is 5.91 Å². The van der Waals surface area contributed by atoms with E-state index in [1.165, 1.54) is 5.56 Å². The summed E-state index contributed by atoms with van der Waals surface area (Å²) in [5.41, 5.74) is 4.25. The first kappa shape index (κ1) is 22.8. The molecule has 1 aliphatic heterocycles. The summed E-state index contributed by atoms with van der Waals surface area (Å²) in [5, 5.41) is 3.03. The Morgan fingerprint density at radius 1 is 0.968 bits per heavy atom. The molecule has 1 N–H and O–H groups in total. The summed E-state index contributed by atoms with van der Waals surface area (Å²) in [4.78, 5) is 28.9. The third-order valence-electron chi connectivity index (χ3n) is 5.75. The third kappa shape index (κ3) is 6.31. The molecule has 0 atom stereocenters. The maximum absolute atomic E-state index is 12.5. The van der Waals surface area contributed by atoms with Crippen LogP contribution in [0.3, 0.4) is 0 Å². The Balaban J connectivity index is 1.41. The average molecular weight is 424 g/mol. The molecule has 2 aromatic rings. The number of hydrogen-bond donors (Lipinski definition) is 1. The monoisotopic (exact) mass is 423 g/mol. The molecule has 3 rings (SSSR count). The minimum Gasteiger partial charge on any atom is -0.484 e. The number of anilines is 1. The standard InChI is InChI=1S/C25H33N3O3/c1-18(2)21-8-10-22(11-9-21)31-17-24(30)28-14-12-27(13-15-28)16-23(29)26-25-19(3)6-5-7-20(25)4/h5-11,18H,12-17H2,1-4H3,(H,26,29). The largest absolute Gasteiger partial charge is 0.484 e. The van der Waals surface area contributed by atoms with Crippen LogP contribution in [0.5, 0.6) is 5.75 Å². The predicted molar refractivity (Wildman–Crippen MR) is 124 cm³/mol. The lowest BCUT2D eigenvalue weighted by Crippen LogP contribution is -2.51. The normalized spacial score (nSPS) is 14.5. The van der Waals surface area contributed by atoms with Crippen molar-refractivity contribution < 1.29 is 14.3 Å². The van der Waals surface area contributed by atoms with E-state index < -0.39 is 0 Å². The molecule has 166 valence electrons. The van der Waals surface area contributed by atoms with Crippen molar-refractivity contribution in [3.63, 3.8) is 0 Å². The molecule has 1 fully saturated rings. The Bertz CT molecular complexity index is 880. The fourth-order valence-electron chi connectivity index (χ4n) is 3.73. The quantitative estimate of drug-likeness (QED) is 0.739. The van der Waals surface area contributed by atoms with Gasteiger partial charge in [0, 0.05) is 31.9 Å². The number of carbonyl (C=O) groups is 2. The van der Waals surface area contributed by atoms with Crippen LogP contribution in [0, 0.1) is 13.8 Å². The molecule has 1 saturated heterocycles. The van der Waals surface area contributed by atoms with Gasteiger partial charge in [-0.2, -0.15) is 0 Å². The zero-order valence-electron chi connectivity index (χ0n) is 19.0. The second kappa shape index (κ2) is 10.4. The Morgan fingerprint density at radius 2 is 1.58 bits per heavy atom. The number of rotatable bonds is 7. The fraction of sp³-hybridized carbons (Fsp3) is 0.440. The molecule has 6 heteroatoms.